The third kappa shape index (κ3) is 2.35. The summed E-state index contributed by atoms with van der Waals surface area (Å²) in [6.07, 6.45) is 0. The zero-order valence-corrected chi connectivity index (χ0v) is 12.2. The summed E-state index contributed by atoms with van der Waals surface area (Å²) in [4.78, 5) is 10.8. The number of hydrogen-bond donors (Lipinski definition) is 1. The number of ether oxygens (including phenoxy) is 1. The average molecular weight is 326 g/mol. The number of hydrogen-bond acceptors (Lipinski definition) is 4. The standard InChI is InChI=1S/C13H12BrNO4/c1-6-4-8(14)11(7(2)12(6)18-3)10-5-9(13(16)17)15-19-10/h4-5H,1-3H3,(H,16,17). The summed E-state index contributed by atoms with van der Waals surface area (Å²) in [5.74, 6) is 0.00871. The molecular weight excluding hydrogens is 314 g/mol. The van der Waals surface area contributed by atoms with Gasteiger partial charge in [0.15, 0.2) is 11.5 Å². The molecule has 0 aliphatic heterocycles. The van der Waals surface area contributed by atoms with Crippen molar-refractivity contribution in [3.63, 3.8) is 0 Å². The number of aromatic carboxylic acids is 1. The molecule has 0 amide bonds. The summed E-state index contributed by atoms with van der Waals surface area (Å²) < 4.78 is 11.2. The van der Waals surface area contributed by atoms with E-state index in [9.17, 15) is 4.79 Å². The van der Waals surface area contributed by atoms with Crippen LogP contribution in [0.5, 0.6) is 5.75 Å². The first-order valence-corrected chi connectivity index (χ1v) is 6.29. The van der Waals surface area contributed by atoms with Crippen LogP contribution in [-0.2, 0) is 0 Å². The number of nitrogens with zero attached hydrogens (tertiary/aromatic N) is 1. The van der Waals surface area contributed by atoms with Gasteiger partial charge in [-0.25, -0.2) is 4.79 Å². The van der Waals surface area contributed by atoms with Crippen molar-refractivity contribution >= 4 is 21.9 Å². The second kappa shape index (κ2) is 5.05. The normalized spacial score (nSPS) is 10.5. The molecule has 0 fully saturated rings. The summed E-state index contributed by atoms with van der Waals surface area (Å²) in [6.45, 7) is 3.82. The van der Waals surface area contributed by atoms with E-state index in [4.69, 9.17) is 14.4 Å². The molecule has 0 saturated carbocycles. The molecule has 0 radical (unpaired) electrons. The van der Waals surface area contributed by atoms with Gasteiger partial charge < -0.3 is 14.4 Å². The number of methoxy groups -OCH3 is 1. The first-order valence-electron chi connectivity index (χ1n) is 5.49. The molecule has 6 heteroatoms. The maximum atomic E-state index is 10.8. The number of rotatable bonds is 3. The van der Waals surface area contributed by atoms with Crippen molar-refractivity contribution in [3.05, 3.63) is 33.4 Å². The van der Waals surface area contributed by atoms with Gasteiger partial charge in [0.2, 0.25) is 0 Å². The Kier molecular flexibility index (Phi) is 3.61. The van der Waals surface area contributed by atoms with E-state index < -0.39 is 5.97 Å². The number of aryl methyl sites for hydroxylation is 1. The van der Waals surface area contributed by atoms with Crippen LogP contribution in [0.2, 0.25) is 0 Å². The van der Waals surface area contributed by atoms with E-state index in [1.165, 1.54) is 6.07 Å². The summed E-state index contributed by atoms with van der Waals surface area (Å²) in [5.41, 5.74) is 2.46. The molecule has 0 spiro atoms. The van der Waals surface area contributed by atoms with Gasteiger partial charge in [0.1, 0.15) is 5.75 Å². The quantitative estimate of drug-likeness (QED) is 0.935. The summed E-state index contributed by atoms with van der Waals surface area (Å²) in [7, 11) is 1.59. The summed E-state index contributed by atoms with van der Waals surface area (Å²) in [5, 5.41) is 12.4. The minimum atomic E-state index is -1.12. The van der Waals surface area contributed by atoms with Crippen LogP contribution in [0.25, 0.3) is 11.3 Å². The number of carboxylic acid groups (broad SMARTS) is 1. The Morgan fingerprint density at radius 1 is 1.42 bits per heavy atom. The number of benzene rings is 1. The molecule has 0 aliphatic rings. The van der Waals surface area contributed by atoms with Gasteiger partial charge in [0, 0.05) is 21.7 Å². The Balaban J connectivity index is 2.64. The number of aromatic nitrogens is 1. The Morgan fingerprint density at radius 2 is 2.11 bits per heavy atom. The largest absolute Gasteiger partial charge is 0.496 e. The minimum absolute atomic E-state index is 0.124. The average Bonchev–Trinajstić information content (AvgIpc) is 2.78. The zero-order chi connectivity index (χ0) is 14.2. The third-order valence-corrected chi connectivity index (χ3v) is 3.46. The Hall–Kier alpha value is -1.82. The first kappa shape index (κ1) is 13.6. The van der Waals surface area contributed by atoms with Crippen molar-refractivity contribution in [2.75, 3.05) is 7.11 Å². The van der Waals surface area contributed by atoms with Crippen LogP contribution < -0.4 is 4.74 Å². The Morgan fingerprint density at radius 3 is 2.63 bits per heavy atom. The lowest BCUT2D eigenvalue weighted by atomic mass is 10.0. The smallest absolute Gasteiger partial charge is 0.358 e. The van der Waals surface area contributed by atoms with Crippen LogP contribution in [0.4, 0.5) is 0 Å². The molecule has 19 heavy (non-hydrogen) atoms. The van der Waals surface area contributed by atoms with Crippen LogP contribution in [0.3, 0.4) is 0 Å². The van der Waals surface area contributed by atoms with Gasteiger partial charge >= 0.3 is 5.97 Å². The predicted molar refractivity (Wildman–Crippen MR) is 72.6 cm³/mol. The van der Waals surface area contributed by atoms with Crippen molar-refractivity contribution in [3.8, 4) is 17.1 Å². The van der Waals surface area contributed by atoms with Crippen molar-refractivity contribution in [1.82, 2.24) is 5.16 Å². The summed E-state index contributed by atoms with van der Waals surface area (Å²) in [6, 6.07) is 3.29. The fraction of sp³-hybridized carbons (Fsp3) is 0.231. The molecule has 1 aromatic heterocycles. The third-order valence-electron chi connectivity index (χ3n) is 2.84. The molecule has 2 rings (SSSR count). The van der Waals surface area contributed by atoms with Crippen LogP contribution in [0.15, 0.2) is 21.1 Å². The van der Waals surface area contributed by atoms with Gasteiger partial charge in [0.25, 0.3) is 0 Å². The van der Waals surface area contributed by atoms with Gasteiger partial charge in [-0.1, -0.05) is 21.1 Å². The van der Waals surface area contributed by atoms with E-state index in [1.54, 1.807) is 7.11 Å². The molecule has 0 aliphatic carbocycles. The highest BCUT2D eigenvalue weighted by Gasteiger charge is 2.19. The minimum Gasteiger partial charge on any atom is -0.496 e. The highest BCUT2D eigenvalue weighted by atomic mass is 79.9. The molecular formula is C13H12BrNO4. The first-order chi connectivity index (χ1) is 8.95. The van der Waals surface area contributed by atoms with Crippen molar-refractivity contribution in [2.45, 2.75) is 13.8 Å². The van der Waals surface area contributed by atoms with E-state index in [0.29, 0.717) is 5.76 Å². The lowest BCUT2D eigenvalue weighted by Crippen LogP contribution is -1.95. The van der Waals surface area contributed by atoms with Gasteiger partial charge in [-0.15, -0.1) is 0 Å². The van der Waals surface area contributed by atoms with Crippen LogP contribution in [-0.4, -0.2) is 23.3 Å². The molecule has 0 saturated heterocycles. The van der Waals surface area contributed by atoms with Crippen molar-refractivity contribution in [1.29, 1.82) is 0 Å². The highest BCUT2D eigenvalue weighted by molar-refractivity contribution is 9.10. The lowest BCUT2D eigenvalue weighted by molar-refractivity contribution is 0.0686. The summed E-state index contributed by atoms with van der Waals surface area (Å²) >= 11 is 3.45. The molecule has 1 N–H and O–H groups in total. The molecule has 1 aromatic carbocycles. The molecule has 1 heterocycles. The van der Waals surface area contributed by atoms with Gasteiger partial charge in [-0.3, -0.25) is 0 Å². The second-order valence-corrected chi connectivity index (χ2v) is 4.94. The predicted octanol–water partition coefficient (Wildman–Crippen LogP) is 3.43. The fourth-order valence-corrected chi connectivity index (χ4v) is 2.86. The van der Waals surface area contributed by atoms with E-state index in [0.717, 1.165) is 26.9 Å². The maximum Gasteiger partial charge on any atom is 0.358 e. The van der Waals surface area contributed by atoms with E-state index in [1.807, 2.05) is 19.9 Å². The molecule has 0 atom stereocenters. The number of halogens is 1. The topological polar surface area (TPSA) is 72.6 Å². The molecule has 0 bridgehead atoms. The van der Waals surface area contributed by atoms with Crippen molar-refractivity contribution in [2.24, 2.45) is 0 Å². The van der Waals surface area contributed by atoms with Crippen molar-refractivity contribution < 1.29 is 19.2 Å². The molecule has 0 unspecified atom stereocenters. The van der Waals surface area contributed by atoms with Crippen LogP contribution in [0, 0.1) is 13.8 Å². The van der Waals surface area contributed by atoms with Gasteiger partial charge in [0.05, 0.1) is 7.11 Å². The van der Waals surface area contributed by atoms with Gasteiger partial charge in [-0.2, -0.15) is 0 Å². The van der Waals surface area contributed by atoms with Gasteiger partial charge in [-0.05, 0) is 25.5 Å². The molecule has 100 valence electrons. The molecule has 5 nitrogen and oxygen atoms in total. The SMILES string of the molecule is COc1c(C)cc(Br)c(-c2cc(C(=O)O)no2)c1C. The lowest BCUT2D eigenvalue weighted by Gasteiger charge is -2.13. The fourth-order valence-electron chi connectivity index (χ4n) is 2.03. The Bertz CT molecular complexity index is 648. The Labute approximate surface area is 118 Å². The van der Waals surface area contributed by atoms with E-state index in [2.05, 4.69) is 21.1 Å². The highest BCUT2D eigenvalue weighted by Crippen LogP contribution is 2.38. The zero-order valence-electron chi connectivity index (χ0n) is 10.7. The van der Waals surface area contributed by atoms with Crippen LogP contribution >= 0.6 is 15.9 Å². The second-order valence-electron chi connectivity index (χ2n) is 4.09. The number of carboxylic acids is 1. The molecule has 2 aromatic rings. The van der Waals surface area contributed by atoms with E-state index >= 15 is 0 Å². The van der Waals surface area contributed by atoms with E-state index in [-0.39, 0.29) is 5.69 Å². The van der Waals surface area contributed by atoms with Crippen LogP contribution in [0.1, 0.15) is 21.6 Å². The number of carbonyl (C=O) groups is 1. The monoisotopic (exact) mass is 325 g/mol. The maximum absolute atomic E-state index is 10.8.